The third-order valence-corrected chi connectivity index (χ3v) is 5.48. The lowest BCUT2D eigenvalue weighted by Gasteiger charge is -2.15. The summed E-state index contributed by atoms with van der Waals surface area (Å²) in [6.07, 6.45) is 0. The van der Waals surface area contributed by atoms with Gasteiger partial charge in [0.1, 0.15) is 12.3 Å². The van der Waals surface area contributed by atoms with Gasteiger partial charge in [0.15, 0.2) is 23.1 Å². The molecule has 7 nitrogen and oxygen atoms in total. The highest BCUT2D eigenvalue weighted by Gasteiger charge is 2.27. The molecule has 0 aliphatic heterocycles. The molecule has 0 amide bonds. The zero-order valence-electron chi connectivity index (χ0n) is 18.2. The van der Waals surface area contributed by atoms with Crippen molar-refractivity contribution in [1.29, 1.82) is 0 Å². The number of hydrogen-bond donors (Lipinski definition) is 1. The molecule has 3 aromatic rings. The van der Waals surface area contributed by atoms with Crippen LogP contribution in [0.1, 0.15) is 26.4 Å². The Bertz CT molecular complexity index is 1270. The van der Waals surface area contributed by atoms with Crippen molar-refractivity contribution in [3.8, 4) is 17.0 Å². The van der Waals surface area contributed by atoms with Gasteiger partial charge in [0.25, 0.3) is 0 Å². The van der Waals surface area contributed by atoms with Crippen molar-refractivity contribution >= 4 is 40.8 Å². The van der Waals surface area contributed by atoms with Crippen LogP contribution >= 0.6 is 23.2 Å². The number of ether oxygens (including phenoxy) is 3. The molecule has 178 valence electrons. The van der Waals surface area contributed by atoms with Crippen molar-refractivity contribution in [2.75, 3.05) is 26.6 Å². The minimum absolute atomic E-state index is 0.0316. The minimum atomic E-state index is -1.02. The van der Waals surface area contributed by atoms with E-state index in [9.17, 15) is 14.0 Å². The molecule has 0 atom stereocenters. The third-order valence-electron chi connectivity index (χ3n) is 4.81. The Kier molecular flexibility index (Phi) is 7.90. The van der Waals surface area contributed by atoms with Gasteiger partial charge in [-0.15, -0.1) is 0 Å². The van der Waals surface area contributed by atoms with Crippen LogP contribution in [0.5, 0.6) is 5.75 Å². The lowest BCUT2D eigenvalue weighted by Crippen LogP contribution is -2.14. The van der Waals surface area contributed by atoms with E-state index in [4.69, 9.17) is 37.4 Å². The van der Waals surface area contributed by atoms with Gasteiger partial charge in [-0.05, 0) is 18.2 Å². The van der Waals surface area contributed by atoms with Crippen LogP contribution in [0.15, 0.2) is 36.4 Å². The van der Waals surface area contributed by atoms with E-state index in [0.29, 0.717) is 5.56 Å². The average molecular weight is 511 g/mol. The van der Waals surface area contributed by atoms with Gasteiger partial charge in [0, 0.05) is 18.2 Å². The summed E-state index contributed by atoms with van der Waals surface area (Å²) in [5.74, 6) is -3.93. The number of pyridine rings is 1. The molecule has 0 radical (unpaired) electrons. The molecule has 3 rings (SSSR count). The number of anilines is 1. The topological polar surface area (TPSA) is 86.8 Å². The monoisotopic (exact) mass is 510 g/mol. The molecule has 2 aromatic carbocycles. The van der Waals surface area contributed by atoms with Crippen LogP contribution in [0.2, 0.25) is 10.0 Å². The minimum Gasteiger partial charge on any atom is -0.492 e. The molecule has 0 saturated carbocycles. The van der Waals surface area contributed by atoms with Crippen LogP contribution in [-0.4, -0.2) is 38.2 Å². The molecule has 0 unspecified atom stereocenters. The second kappa shape index (κ2) is 10.7. The Balaban J connectivity index is 2.04. The molecule has 0 aliphatic carbocycles. The van der Waals surface area contributed by atoms with Crippen molar-refractivity contribution < 1.29 is 32.6 Å². The van der Waals surface area contributed by atoms with E-state index in [1.807, 2.05) is 0 Å². The van der Waals surface area contributed by atoms with Crippen molar-refractivity contribution in [2.24, 2.45) is 0 Å². The summed E-state index contributed by atoms with van der Waals surface area (Å²) >= 11 is 12.1. The number of nitrogens with zero attached hydrogens (tertiary/aromatic N) is 1. The van der Waals surface area contributed by atoms with Gasteiger partial charge in [0.2, 0.25) is 0 Å². The van der Waals surface area contributed by atoms with Crippen molar-refractivity contribution in [3.05, 3.63) is 74.9 Å². The highest BCUT2D eigenvalue weighted by molar-refractivity contribution is 6.36. The number of hydrogen-bond acceptors (Lipinski definition) is 7. The lowest BCUT2D eigenvalue weighted by molar-refractivity contribution is 0.0455. The molecule has 1 N–H and O–H groups in total. The molecule has 34 heavy (non-hydrogen) atoms. The van der Waals surface area contributed by atoms with Crippen LogP contribution in [0.3, 0.4) is 0 Å². The number of carbonyl (C=O) groups is 2. The molecule has 1 heterocycles. The fourth-order valence-electron chi connectivity index (χ4n) is 3.15. The first-order chi connectivity index (χ1) is 16.2. The summed E-state index contributed by atoms with van der Waals surface area (Å²) in [5.41, 5.74) is -1.01. The number of halogens is 4. The lowest BCUT2D eigenvalue weighted by atomic mass is 10.1. The number of esters is 2. The zero-order valence-corrected chi connectivity index (χ0v) is 19.7. The highest BCUT2D eigenvalue weighted by Crippen LogP contribution is 2.39. The van der Waals surface area contributed by atoms with Gasteiger partial charge in [-0.1, -0.05) is 41.4 Å². The second-order valence-electron chi connectivity index (χ2n) is 6.73. The Hall–Kier alpha value is -3.43. The quantitative estimate of drug-likeness (QED) is 0.418. The molecule has 0 aliphatic rings. The molecular formula is C23H18Cl2F2N2O5. The molecule has 0 saturated heterocycles. The molecule has 0 bridgehead atoms. The largest absolute Gasteiger partial charge is 0.492 e. The van der Waals surface area contributed by atoms with Gasteiger partial charge >= 0.3 is 11.9 Å². The fourth-order valence-corrected chi connectivity index (χ4v) is 3.67. The van der Waals surface area contributed by atoms with Gasteiger partial charge in [-0.2, -0.15) is 0 Å². The Labute approximate surface area is 203 Å². The predicted molar refractivity (Wildman–Crippen MR) is 123 cm³/mol. The van der Waals surface area contributed by atoms with Gasteiger partial charge in [-0.3, -0.25) is 0 Å². The van der Waals surface area contributed by atoms with Crippen LogP contribution in [0.25, 0.3) is 11.3 Å². The molecule has 0 fully saturated rings. The van der Waals surface area contributed by atoms with Crippen LogP contribution in [0, 0.1) is 11.6 Å². The number of carbonyl (C=O) groups excluding carboxylic acids is 2. The van der Waals surface area contributed by atoms with Crippen LogP contribution in [-0.2, 0) is 16.1 Å². The maximum absolute atomic E-state index is 15.2. The molecule has 0 spiro atoms. The Morgan fingerprint density at radius 3 is 2.38 bits per heavy atom. The number of nitrogens with one attached hydrogen (secondary N) is 1. The number of methoxy groups -OCH3 is 2. The highest BCUT2D eigenvalue weighted by atomic mass is 35.5. The van der Waals surface area contributed by atoms with Crippen molar-refractivity contribution in [1.82, 2.24) is 4.98 Å². The summed E-state index contributed by atoms with van der Waals surface area (Å²) in [4.78, 5) is 28.7. The van der Waals surface area contributed by atoms with E-state index in [1.54, 1.807) is 18.2 Å². The Morgan fingerprint density at radius 1 is 1.03 bits per heavy atom. The van der Waals surface area contributed by atoms with Gasteiger partial charge in [-0.25, -0.2) is 23.4 Å². The van der Waals surface area contributed by atoms with Gasteiger partial charge in [0.05, 0.1) is 35.5 Å². The van der Waals surface area contributed by atoms with E-state index in [0.717, 1.165) is 0 Å². The van der Waals surface area contributed by atoms with Gasteiger partial charge < -0.3 is 19.5 Å². The molecule has 1 aromatic heterocycles. The standard InChI is InChI=1S/C23H18Cl2F2N2O5/c1-28-19-15(25)20(23(31)34-10-11-6-4-5-7-12(11)22(30)33-3)29-18(17(19)27)13-8-9-14(24)21(32-2)16(13)26/h4-9H,10H2,1-3H3,(H,28,29). The average Bonchev–Trinajstić information content (AvgIpc) is 2.83. The maximum atomic E-state index is 15.2. The van der Waals surface area contributed by atoms with Crippen LogP contribution < -0.4 is 10.1 Å². The van der Waals surface area contributed by atoms with E-state index in [2.05, 4.69) is 10.3 Å². The predicted octanol–water partition coefficient (Wildman–Crippen LogP) is 5.53. The summed E-state index contributed by atoms with van der Waals surface area (Å²) in [5, 5.41) is 2.14. The molecule has 11 heteroatoms. The zero-order chi connectivity index (χ0) is 25.0. The first-order valence-corrected chi connectivity index (χ1v) is 10.4. The van der Waals surface area contributed by atoms with E-state index in [-0.39, 0.29) is 39.2 Å². The molecular weight excluding hydrogens is 493 g/mol. The summed E-state index contributed by atoms with van der Waals surface area (Å²) in [7, 11) is 3.79. The smallest absolute Gasteiger partial charge is 0.358 e. The summed E-state index contributed by atoms with van der Waals surface area (Å²) in [6.45, 7) is -0.327. The first kappa shape index (κ1) is 25.2. The van der Waals surface area contributed by atoms with Crippen molar-refractivity contribution in [3.63, 3.8) is 0 Å². The summed E-state index contributed by atoms with van der Waals surface area (Å²) < 4.78 is 45.0. The van der Waals surface area contributed by atoms with Crippen LogP contribution in [0.4, 0.5) is 14.5 Å². The maximum Gasteiger partial charge on any atom is 0.358 e. The van der Waals surface area contributed by atoms with E-state index in [1.165, 1.54) is 39.5 Å². The second-order valence-corrected chi connectivity index (χ2v) is 7.51. The SMILES string of the molecule is CNc1c(F)c(-c2ccc(Cl)c(OC)c2F)nc(C(=O)OCc2ccccc2C(=O)OC)c1Cl. The van der Waals surface area contributed by atoms with E-state index >= 15 is 4.39 Å². The third kappa shape index (κ3) is 4.76. The fraction of sp³-hybridized carbons (Fsp3) is 0.174. The number of rotatable bonds is 7. The van der Waals surface area contributed by atoms with Crippen molar-refractivity contribution in [2.45, 2.75) is 6.61 Å². The first-order valence-electron chi connectivity index (χ1n) is 9.67. The summed E-state index contributed by atoms with van der Waals surface area (Å²) in [6, 6.07) is 8.84. The van der Waals surface area contributed by atoms with E-state index < -0.39 is 35.0 Å². The Morgan fingerprint density at radius 2 is 1.74 bits per heavy atom. The number of benzene rings is 2. The normalized spacial score (nSPS) is 10.6. The number of aromatic nitrogens is 1.